The number of halogens is 2. The van der Waals surface area contributed by atoms with Gasteiger partial charge in [0.1, 0.15) is 5.56 Å². The second kappa shape index (κ2) is 6.12. The van der Waals surface area contributed by atoms with E-state index in [1.165, 1.54) is 24.3 Å². The first kappa shape index (κ1) is 17.6. The van der Waals surface area contributed by atoms with Crippen molar-refractivity contribution in [1.29, 1.82) is 0 Å². The lowest BCUT2D eigenvalue weighted by atomic mass is 9.81. The molecule has 26 heavy (non-hydrogen) atoms. The third-order valence-corrected chi connectivity index (χ3v) is 8.75. The quantitative estimate of drug-likeness (QED) is 0.304. The van der Waals surface area contributed by atoms with Gasteiger partial charge in [0.2, 0.25) is 0 Å². The van der Waals surface area contributed by atoms with Crippen molar-refractivity contribution in [1.82, 2.24) is 10.4 Å². The fourth-order valence-corrected chi connectivity index (χ4v) is 6.32. The standard InChI is InChI=1S/C16H13Br2N3O5/c17-12-7-5-8(13(12)18)11-10(7)15(23)20(16(11)24)19-14(22)6-3-1-2-4-9(6)21(25)26/h1-4,7-8,10-13H,5H2,(H,19,22)/t7-,8-,10-,11-,12-,13+/m1/s1. The van der Waals surface area contributed by atoms with E-state index >= 15 is 0 Å². The number of nitro benzene ring substituents is 1. The first-order valence-corrected chi connectivity index (χ1v) is 9.86. The number of alkyl halides is 2. The molecule has 4 rings (SSSR count). The summed E-state index contributed by atoms with van der Waals surface area (Å²) in [5.74, 6) is -2.60. The Morgan fingerprint density at radius 1 is 1.12 bits per heavy atom. The van der Waals surface area contributed by atoms with E-state index in [4.69, 9.17) is 0 Å². The first-order chi connectivity index (χ1) is 12.3. The summed E-state index contributed by atoms with van der Waals surface area (Å²) in [5.41, 5.74) is 1.69. The van der Waals surface area contributed by atoms with Crippen LogP contribution in [0.25, 0.3) is 0 Å². The molecule has 3 aliphatic rings. The summed E-state index contributed by atoms with van der Waals surface area (Å²) < 4.78 is 0. The number of rotatable bonds is 3. The lowest BCUT2D eigenvalue weighted by molar-refractivity contribution is -0.385. The van der Waals surface area contributed by atoms with Gasteiger partial charge in [-0.25, -0.2) is 0 Å². The van der Waals surface area contributed by atoms with Gasteiger partial charge in [-0.05, 0) is 24.3 Å². The number of carbonyl (C=O) groups excluding carboxylic acids is 3. The molecule has 1 aromatic rings. The van der Waals surface area contributed by atoms with Crippen LogP contribution in [0.2, 0.25) is 0 Å². The molecule has 10 heteroatoms. The van der Waals surface area contributed by atoms with Crippen molar-refractivity contribution in [3.8, 4) is 0 Å². The summed E-state index contributed by atoms with van der Waals surface area (Å²) in [5, 5.41) is 11.8. The molecular weight excluding hydrogens is 474 g/mol. The topological polar surface area (TPSA) is 110 Å². The molecule has 2 saturated carbocycles. The molecular formula is C16H13Br2N3O5. The molecule has 0 radical (unpaired) electrons. The van der Waals surface area contributed by atoms with E-state index in [1.807, 2.05) is 0 Å². The van der Waals surface area contributed by atoms with Gasteiger partial charge >= 0.3 is 0 Å². The number of benzene rings is 1. The van der Waals surface area contributed by atoms with Crippen molar-refractivity contribution < 1.29 is 19.3 Å². The SMILES string of the molecule is O=C(NN1C(=O)[C@@H]2[C@H]3C[C@@H]([C@@H](Br)[C@H]3Br)[C@H]2C1=O)c1ccccc1[N+](=O)[O-]. The van der Waals surface area contributed by atoms with Crippen LogP contribution in [0.15, 0.2) is 24.3 Å². The van der Waals surface area contributed by atoms with E-state index in [1.54, 1.807) is 0 Å². The van der Waals surface area contributed by atoms with Gasteiger partial charge in [0.15, 0.2) is 0 Å². The number of hydrogen-bond acceptors (Lipinski definition) is 5. The Kier molecular flexibility index (Phi) is 4.14. The maximum absolute atomic E-state index is 12.7. The predicted molar refractivity (Wildman–Crippen MR) is 96.4 cm³/mol. The minimum Gasteiger partial charge on any atom is -0.272 e. The highest BCUT2D eigenvalue weighted by Gasteiger charge is 2.66. The summed E-state index contributed by atoms with van der Waals surface area (Å²) in [7, 11) is 0. The van der Waals surface area contributed by atoms with Crippen molar-refractivity contribution >= 4 is 55.3 Å². The van der Waals surface area contributed by atoms with Crippen LogP contribution in [-0.2, 0) is 9.59 Å². The molecule has 2 bridgehead atoms. The molecule has 1 aromatic carbocycles. The normalized spacial score (nSPS) is 34.9. The van der Waals surface area contributed by atoms with E-state index in [0.717, 1.165) is 11.4 Å². The Morgan fingerprint density at radius 2 is 1.65 bits per heavy atom. The number of carbonyl (C=O) groups is 3. The highest BCUT2D eigenvalue weighted by Crippen LogP contribution is 2.59. The predicted octanol–water partition coefficient (Wildman–Crippen LogP) is 2.02. The van der Waals surface area contributed by atoms with E-state index in [2.05, 4.69) is 37.3 Å². The molecule has 1 heterocycles. The average molecular weight is 487 g/mol. The number of nitrogens with zero attached hydrogens (tertiary/aromatic N) is 2. The Labute approximate surface area is 164 Å². The van der Waals surface area contributed by atoms with Gasteiger partial charge < -0.3 is 0 Å². The lowest BCUT2D eigenvalue weighted by Gasteiger charge is -2.28. The molecule has 8 nitrogen and oxygen atoms in total. The van der Waals surface area contributed by atoms with Crippen molar-refractivity contribution in [3.05, 3.63) is 39.9 Å². The number of hydrazine groups is 1. The van der Waals surface area contributed by atoms with Gasteiger partial charge in [-0.15, -0.1) is 0 Å². The number of nitrogens with one attached hydrogen (secondary N) is 1. The molecule has 136 valence electrons. The number of imide groups is 1. The number of fused-ring (bicyclic) bond motifs is 5. The third-order valence-electron chi connectivity index (χ3n) is 5.55. The molecule has 0 aromatic heterocycles. The fraction of sp³-hybridized carbons (Fsp3) is 0.438. The van der Waals surface area contributed by atoms with Crippen LogP contribution in [0.3, 0.4) is 0 Å². The summed E-state index contributed by atoms with van der Waals surface area (Å²) in [6, 6.07) is 5.40. The summed E-state index contributed by atoms with van der Waals surface area (Å²) in [6.45, 7) is 0. The molecule has 6 atom stereocenters. The average Bonchev–Trinajstić information content (AvgIpc) is 3.22. The zero-order valence-corrected chi connectivity index (χ0v) is 16.3. The largest absolute Gasteiger partial charge is 0.282 e. The van der Waals surface area contributed by atoms with Crippen LogP contribution in [0, 0.1) is 33.8 Å². The second-order valence-electron chi connectivity index (χ2n) is 6.73. The van der Waals surface area contributed by atoms with Crippen molar-refractivity contribution in [2.75, 3.05) is 0 Å². The highest BCUT2D eigenvalue weighted by atomic mass is 79.9. The number of nitro groups is 1. The third kappa shape index (κ3) is 2.34. The second-order valence-corrected chi connectivity index (χ2v) is 8.85. The Morgan fingerprint density at radius 3 is 2.19 bits per heavy atom. The fourth-order valence-electron chi connectivity index (χ4n) is 4.45. The van der Waals surface area contributed by atoms with Gasteiger partial charge in [-0.2, -0.15) is 5.01 Å². The molecule has 0 spiro atoms. The summed E-state index contributed by atoms with van der Waals surface area (Å²) in [6.07, 6.45) is 0.782. The van der Waals surface area contributed by atoms with Crippen LogP contribution in [-0.4, -0.2) is 37.3 Å². The van der Waals surface area contributed by atoms with Gasteiger partial charge in [-0.3, -0.25) is 29.9 Å². The monoisotopic (exact) mass is 485 g/mol. The minimum atomic E-state index is -0.850. The smallest absolute Gasteiger partial charge is 0.272 e. The van der Waals surface area contributed by atoms with E-state index in [9.17, 15) is 24.5 Å². The van der Waals surface area contributed by atoms with Gasteiger partial charge in [-0.1, -0.05) is 44.0 Å². The lowest BCUT2D eigenvalue weighted by Crippen LogP contribution is -2.47. The van der Waals surface area contributed by atoms with Gasteiger partial charge in [0, 0.05) is 15.7 Å². The van der Waals surface area contributed by atoms with Gasteiger partial charge in [0.25, 0.3) is 23.4 Å². The van der Waals surface area contributed by atoms with Crippen LogP contribution >= 0.6 is 31.9 Å². The molecule has 1 N–H and O–H groups in total. The van der Waals surface area contributed by atoms with Crippen molar-refractivity contribution in [2.24, 2.45) is 23.7 Å². The maximum atomic E-state index is 12.7. The zero-order chi connectivity index (χ0) is 18.7. The van der Waals surface area contributed by atoms with Gasteiger partial charge in [0.05, 0.1) is 16.8 Å². The summed E-state index contributed by atoms with van der Waals surface area (Å²) >= 11 is 7.17. The molecule has 1 aliphatic heterocycles. The summed E-state index contributed by atoms with van der Waals surface area (Å²) in [4.78, 5) is 48.6. The molecule has 1 saturated heterocycles. The Bertz CT molecular complexity index is 815. The Balaban J connectivity index is 1.59. The van der Waals surface area contributed by atoms with Crippen LogP contribution < -0.4 is 5.43 Å². The molecule has 2 aliphatic carbocycles. The first-order valence-electron chi connectivity index (χ1n) is 8.03. The van der Waals surface area contributed by atoms with E-state index in [-0.39, 0.29) is 32.7 Å². The number of amides is 3. The van der Waals surface area contributed by atoms with E-state index < -0.39 is 34.5 Å². The van der Waals surface area contributed by atoms with Crippen molar-refractivity contribution in [2.45, 2.75) is 16.1 Å². The minimum absolute atomic E-state index is 0.0267. The van der Waals surface area contributed by atoms with Crippen LogP contribution in [0.5, 0.6) is 0 Å². The number of para-hydroxylation sites is 1. The highest BCUT2D eigenvalue weighted by molar-refractivity contribution is 9.12. The van der Waals surface area contributed by atoms with E-state index in [0.29, 0.717) is 0 Å². The molecule has 3 amide bonds. The van der Waals surface area contributed by atoms with Crippen LogP contribution in [0.4, 0.5) is 5.69 Å². The molecule has 3 fully saturated rings. The van der Waals surface area contributed by atoms with Crippen LogP contribution in [0.1, 0.15) is 16.8 Å². The zero-order valence-electron chi connectivity index (χ0n) is 13.2. The Hall–Kier alpha value is -1.81. The van der Waals surface area contributed by atoms with Crippen molar-refractivity contribution in [3.63, 3.8) is 0 Å². The maximum Gasteiger partial charge on any atom is 0.282 e. The number of hydrogen-bond donors (Lipinski definition) is 1. The molecule has 0 unspecified atom stereocenters.